The maximum absolute atomic E-state index is 13.2. The van der Waals surface area contributed by atoms with Gasteiger partial charge in [-0.25, -0.2) is 0 Å². The molecule has 0 saturated carbocycles. The number of benzene rings is 2. The van der Waals surface area contributed by atoms with Crippen molar-refractivity contribution < 1.29 is 19.1 Å². The summed E-state index contributed by atoms with van der Waals surface area (Å²) in [5.41, 5.74) is 1.78. The van der Waals surface area contributed by atoms with Crippen LogP contribution in [0.15, 0.2) is 36.4 Å². The van der Waals surface area contributed by atoms with Crippen molar-refractivity contribution in [1.82, 2.24) is 10.2 Å². The quantitative estimate of drug-likeness (QED) is 0.569. The van der Waals surface area contributed by atoms with Crippen LogP contribution in [0.25, 0.3) is 0 Å². The first kappa shape index (κ1) is 24.2. The van der Waals surface area contributed by atoms with E-state index in [-0.39, 0.29) is 24.8 Å². The van der Waals surface area contributed by atoms with E-state index in [4.69, 9.17) is 32.7 Å². The fourth-order valence-corrected chi connectivity index (χ4v) is 3.77. The fourth-order valence-electron chi connectivity index (χ4n) is 3.45. The monoisotopic (exact) mass is 478 g/mol. The Hall–Kier alpha value is -2.44. The number of fused-ring (bicyclic) bond motifs is 1. The summed E-state index contributed by atoms with van der Waals surface area (Å²) in [6.45, 7) is 5.60. The van der Waals surface area contributed by atoms with Crippen molar-refractivity contribution in [1.29, 1.82) is 0 Å². The smallest absolute Gasteiger partial charge is 0.242 e. The maximum Gasteiger partial charge on any atom is 0.242 e. The van der Waals surface area contributed by atoms with E-state index in [2.05, 4.69) is 5.32 Å². The predicted molar refractivity (Wildman–Crippen MR) is 126 cm³/mol. The Morgan fingerprint density at radius 3 is 2.47 bits per heavy atom. The van der Waals surface area contributed by atoms with Gasteiger partial charge < -0.3 is 19.7 Å². The molecular weight excluding hydrogens is 451 g/mol. The highest BCUT2D eigenvalue weighted by molar-refractivity contribution is 6.42. The summed E-state index contributed by atoms with van der Waals surface area (Å²) in [4.78, 5) is 27.4. The molecule has 1 heterocycles. The Morgan fingerprint density at radius 2 is 1.75 bits per heavy atom. The van der Waals surface area contributed by atoms with E-state index >= 15 is 0 Å². The standard InChI is InChI=1S/C24H28Cl2N2O4/c1-3-10-27-24(30)16(2)28(15-18-4-7-19(25)20(26)13-18)23(29)9-6-17-5-8-21-22(14-17)32-12-11-31-21/h4-5,7-8,13-14,16H,3,6,9-12,15H2,1-2H3,(H,27,30)/t16-/m0/s1. The average Bonchev–Trinajstić information content (AvgIpc) is 2.81. The Kier molecular flexibility index (Phi) is 8.65. The summed E-state index contributed by atoms with van der Waals surface area (Å²) in [5, 5.41) is 3.73. The van der Waals surface area contributed by atoms with Crippen LogP contribution in [-0.2, 0) is 22.6 Å². The van der Waals surface area contributed by atoms with Crippen LogP contribution in [0.1, 0.15) is 37.8 Å². The second-order valence-corrected chi connectivity index (χ2v) is 8.53. The number of amides is 2. The van der Waals surface area contributed by atoms with Crippen molar-refractivity contribution in [2.75, 3.05) is 19.8 Å². The first-order chi connectivity index (χ1) is 15.4. The molecule has 0 spiro atoms. The van der Waals surface area contributed by atoms with Gasteiger partial charge in [0.05, 0.1) is 10.0 Å². The molecule has 6 nitrogen and oxygen atoms in total. The minimum atomic E-state index is -0.622. The number of nitrogens with one attached hydrogen (secondary N) is 1. The van der Waals surface area contributed by atoms with E-state index in [0.717, 1.165) is 17.5 Å². The molecule has 3 rings (SSSR count). The van der Waals surface area contributed by atoms with E-state index in [1.807, 2.05) is 31.2 Å². The second kappa shape index (κ2) is 11.4. The third kappa shape index (κ3) is 6.30. The van der Waals surface area contributed by atoms with Crippen molar-refractivity contribution >= 4 is 35.0 Å². The lowest BCUT2D eigenvalue weighted by atomic mass is 10.1. The van der Waals surface area contributed by atoms with Crippen LogP contribution in [0.3, 0.4) is 0 Å². The van der Waals surface area contributed by atoms with Gasteiger partial charge in [0, 0.05) is 19.5 Å². The number of halogens is 2. The van der Waals surface area contributed by atoms with Crippen molar-refractivity contribution in [3.05, 3.63) is 57.6 Å². The predicted octanol–water partition coefficient (Wildman–Crippen LogP) is 4.64. The average molecular weight is 479 g/mol. The number of hydrogen-bond donors (Lipinski definition) is 1. The fraction of sp³-hybridized carbons (Fsp3) is 0.417. The van der Waals surface area contributed by atoms with Gasteiger partial charge in [-0.15, -0.1) is 0 Å². The van der Waals surface area contributed by atoms with E-state index < -0.39 is 6.04 Å². The molecular formula is C24H28Cl2N2O4. The number of carbonyl (C=O) groups excluding carboxylic acids is 2. The molecule has 1 atom stereocenters. The van der Waals surface area contributed by atoms with Crippen molar-refractivity contribution in [3.8, 4) is 11.5 Å². The molecule has 0 aliphatic carbocycles. The first-order valence-corrected chi connectivity index (χ1v) is 11.5. The number of rotatable bonds is 9. The van der Waals surface area contributed by atoms with Gasteiger partial charge in [0.15, 0.2) is 11.5 Å². The zero-order chi connectivity index (χ0) is 23.1. The summed E-state index contributed by atoms with van der Waals surface area (Å²) in [7, 11) is 0. The van der Waals surface area contributed by atoms with Gasteiger partial charge >= 0.3 is 0 Å². The molecule has 0 fully saturated rings. The molecule has 32 heavy (non-hydrogen) atoms. The molecule has 8 heteroatoms. The molecule has 1 aliphatic heterocycles. The van der Waals surface area contributed by atoms with Gasteiger partial charge in [-0.1, -0.05) is 42.3 Å². The summed E-state index contributed by atoms with van der Waals surface area (Å²) in [6, 6.07) is 10.3. The van der Waals surface area contributed by atoms with Crippen LogP contribution < -0.4 is 14.8 Å². The lowest BCUT2D eigenvalue weighted by Crippen LogP contribution is -2.47. The SMILES string of the molecule is CCCNC(=O)[C@H](C)N(Cc1ccc(Cl)c(Cl)c1)C(=O)CCc1ccc2c(c1)OCCO2. The van der Waals surface area contributed by atoms with Crippen LogP contribution in [0.5, 0.6) is 11.5 Å². The van der Waals surface area contributed by atoms with E-state index in [1.54, 1.807) is 24.0 Å². The molecule has 0 saturated heterocycles. The van der Waals surface area contributed by atoms with Gasteiger partial charge in [-0.2, -0.15) is 0 Å². The molecule has 0 unspecified atom stereocenters. The van der Waals surface area contributed by atoms with Gasteiger partial charge in [0.1, 0.15) is 19.3 Å². The normalized spacial score (nSPS) is 13.4. The zero-order valence-electron chi connectivity index (χ0n) is 18.3. The van der Waals surface area contributed by atoms with Gasteiger partial charge in [-0.3, -0.25) is 9.59 Å². The summed E-state index contributed by atoms with van der Waals surface area (Å²) >= 11 is 12.2. The third-order valence-corrected chi connectivity index (χ3v) is 6.03. The summed E-state index contributed by atoms with van der Waals surface area (Å²) < 4.78 is 11.2. The molecule has 2 amide bonds. The van der Waals surface area contributed by atoms with E-state index in [9.17, 15) is 9.59 Å². The molecule has 0 aromatic heterocycles. The van der Waals surface area contributed by atoms with Crippen molar-refractivity contribution in [2.45, 2.75) is 45.7 Å². The van der Waals surface area contributed by atoms with Crippen LogP contribution in [0.2, 0.25) is 10.0 Å². The minimum Gasteiger partial charge on any atom is -0.486 e. The highest BCUT2D eigenvalue weighted by Gasteiger charge is 2.26. The van der Waals surface area contributed by atoms with E-state index in [1.165, 1.54) is 0 Å². The topological polar surface area (TPSA) is 67.9 Å². The van der Waals surface area contributed by atoms with Crippen LogP contribution in [0.4, 0.5) is 0 Å². The lowest BCUT2D eigenvalue weighted by Gasteiger charge is -2.29. The Labute approximate surface area is 198 Å². The van der Waals surface area contributed by atoms with Gasteiger partial charge in [-0.05, 0) is 55.2 Å². The molecule has 0 bridgehead atoms. The molecule has 1 N–H and O–H groups in total. The maximum atomic E-state index is 13.2. The largest absolute Gasteiger partial charge is 0.486 e. The first-order valence-electron chi connectivity index (χ1n) is 10.8. The number of aryl methyl sites for hydroxylation is 1. The van der Waals surface area contributed by atoms with E-state index in [0.29, 0.717) is 47.7 Å². The van der Waals surface area contributed by atoms with Crippen LogP contribution >= 0.6 is 23.2 Å². The van der Waals surface area contributed by atoms with Crippen LogP contribution in [-0.4, -0.2) is 42.5 Å². The summed E-state index contributed by atoms with van der Waals surface area (Å²) in [5.74, 6) is 1.11. The Balaban J connectivity index is 1.72. The molecule has 0 radical (unpaired) electrons. The highest BCUT2D eigenvalue weighted by atomic mass is 35.5. The Bertz CT molecular complexity index is 967. The number of ether oxygens (including phenoxy) is 2. The van der Waals surface area contributed by atoms with Crippen LogP contribution in [0, 0.1) is 0 Å². The number of nitrogens with zero attached hydrogens (tertiary/aromatic N) is 1. The summed E-state index contributed by atoms with van der Waals surface area (Å²) in [6.07, 6.45) is 1.60. The number of carbonyl (C=O) groups is 2. The number of hydrogen-bond acceptors (Lipinski definition) is 4. The second-order valence-electron chi connectivity index (χ2n) is 7.72. The molecule has 172 valence electrons. The lowest BCUT2D eigenvalue weighted by molar-refractivity contribution is -0.140. The molecule has 2 aromatic carbocycles. The van der Waals surface area contributed by atoms with Crippen molar-refractivity contribution in [2.24, 2.45) is 0 Å². The zero-order valence-corrected chi connectivity index (χ0v) is 19.8. The highest BCUT2D eigenvalue weighted by Crippen LogP contribution is 2.31. The molecule has 2 aromatic rings. The Morgan fingerprint density at radius 1 is 1.03 bits per heavy atom. The third-order valence-electron chi connectivity index (χ3n) is 5.29. The van der Waals surface area contributed by atoms with Gasteiger partial charge in [0.2, 0.25) is 11.8 Å². The minimum absolute atomic E-state index is 0.120. The molecule has 1 aliphatic rings. The van der Waals surface area contributed by atoms with Gasteiger partial charge in [0.25, 0.3) is 0 Å². The van der Waals surface area contributed by atoms with Crippen molar-refractivity contribution in [3.63, 3.8) is 0 Å².